The number of hydrogen-bond acceptors (Lipinski definition) is 7. The molecule has 3 fully saturated rings. The SMILES string of the molecule is C=CCNC(=O)C(=O)[C@@H]1CCCCCCCN(S(=O)(=O)CC[Si](C)(C)C)C[C@H](NCl)C(=O)N2C[C@H]3[C@@H]([C@H]2C(=O)N1)C3(C)C. The van der Waals surface area contributed by atoms with Crippen LogP contribution in [0.4, 0.5) is 0 Å². The summed E-state index contributed by atoms with van der Waals surface area (Å²) in [4.78, 5) is 57.4. The molecule has 0 bridgehead atoms. The molecule has 2 saturated heterocycles. The van der Waals surface area contributed by atoms with Gasteiger partial charge in [0.2, 0.25) is 27.6 Å². The van der Waals surface area contributed by atoms with Gasteiger partial charge in [0, 0.05) is 34.3 Å². The minimum absolute atomic E-state index is 0.0226. The molecule has 0 aromatic carbocycles. The summed E-state index contributed by atoms with van der Waals surface area (Å²) < 4.78 is 28.4. The Morgan fingerprint density at radius 2 is 1.77 bits per heavy atom. The second-order valence-corrected chi connectivity index (χ2v) is 21.9. The van der Waals surface area contributed by atoms with E-state index in [1.54, 1.807) is 0 Å². The zero-order valence-corrected chi connectivity index (χ0v) is 28.9. The lowest BCUT2D eigenvalue weighted by Crippen LogP contribution is -2.59. The average molecular weight is 660 g/mol. The fourth-order valence-electron chi connectivity index (χ4n) is 6.39. The number of nitrogens with zero attached hydrogens (tertiary/aromatic N) is 2. The van der Waals surface area contributed by atoms with Crippen LogP contribution in [0.5, 0.6) is 0 Å². The molecule has 1 aliphatic carbocycles. The fourth-order valence-corrected chi connectivity index (χ4v) is 11.1. The number of Topliss-reactive ketones (excluding diaryl/α,β-unsaturated/α-hetero) is 1. The summed E-state index contributed by atoms with van der Waals surface area (Å²) in [6, 6.07) is -2.33. The minimum atomic E-state index is -3.65. The van der Waals surface area contributed by atoms with E-state index >= 15 is 0 Å². The predicted molar refractivity (Wildman–Crippen MR) is 170 cm³/mol. The van der Waals surface area contributed by atoms with Crippen LogP contribution >= 0.6 is 11.8 Å². The lowest BCUT2D eigenvalue weighted by Gasteiger charge is -2.34. The Morgan fingerprint density at radius 1 is 1.12 bits per heavy atom. The van der Waals surface area contributed by atoms with E-state index in [0.717, 1.165) is 19.3 Å². The monoisotopic (exact) mass is 659 g/mol. The van der Waals surface area contributed by atoms with Crippen molar-refractivity contribution in [3.63, 3.8) is 0 Å². The highest BCUT2D eigenvalue weighted by Crippen LogP contribution is 2.64. The third-order valence-corrected chi connectivity index (χ3v) is 13.5. The Bertz CT molecular complexity index is 1180. The number of fused-ring (bicyclic) bond motifs is 3. The molecule has 1 saturated carbocycles. The standard InChI is InChI=1S/C29H50ClN5O6SSi/c1-7-14-31-27(38)25(36)21-13-11-9-8-10-12-15-34(42(40,41)16-17-43(4,5)6)19-22(33-30)28(39)35-18-20-23(29(20,2)3)24(35)26(37)32-21/h7,20-24,33H,1,8-19H2,2-6H3,(H,31,38)(H,32,37)/t20-,21-,22-,23-,24-/m0/s1. The molecule has 0 unspecified atom stereocenters. The molecule has 11 nitrogen and oxygen atoms in total. The Labute approximate surface area is 263 Å². The molecule has 3 rings (SSSR count). The first-order valence-electron chi connectivity index (χ1n) is 15.4. The third-order valence-electron chi connectivity index (χ3n) is 9.24. The summed E-state index contributed by atoms with van der Waals surface area (Å²) in [6.45, 7) is 14.6. The van der Waals surface area contributed by atoms with Gasteiger partial charge < -0.3 is 15.5 Å². The Hall–Kier alpha value is -1.80. The quantitative estimate of drug-likeness (QED) is 0.149. The summed E-state index contributed by atoms with van der Waals surface area (Å²) in [5, 5.41) is 5.31. The number of carbonyl (C=O) groups excluding carboxylic acids is 4. The molecule has 3 amide bonds. The van der Waals surface area contributed by atoms with Crippen molar-refractivity contribution >= 4 is 53.4 Å². The third kappa shape index (κ3) is 8.90. The number of halogens is 1. The van der Waals surface area contributed by atoms with Crippen LogP contribution in [0, 0.1) is 17.3 Å². The Morgan fingerprint density at radius 3 is 2.40 bits per heavy atom. The highest BCUT2D eigenvalue weighted by Gasteiger charge is 2.69. The van der Waals surface area contributed by atoms with Crippen LogP contribution in [0.1, 0.15) is 52.4 Å². The van der Waals surface area contributed by atoms with Crippen molar-refractivity contribution in [2.24, 2.45) is 17.3 Å². The van der Waals surface area contributed by atoms with Crippen molar-refractivity contribution < 1.29 is 27.6 Å². The molecular weight excluding hydrogens is 610 g/mol. The zero-order chi connectivity index (χ0) is 32.2. The van der Waals surface area contributed by atoms with Gasteiger partial charge in [-0.15, -0.1) is 6.58 Å². The molecule has 0 radical (unpaired) electrons. The molecule has 5 atom stereocenters. The number of sulfonamides is 1. The van der Waals surface area contributed by atoms with E-state index in [1.807, 2.05) is 13.8 Å². The Kier molecular flexibility index (Phi) is 12.1. The van der Waals surface area contributed by atoms with Gasteiger partial charge in [0.15, 0.2) is 0 Å². The van der Waals surface area contributed by atoms with E-state index < -0.39 is 59.7 Å². The first-order valence-corrected chi connectivity index (χ1v) is 21.1. The molecule has 3 aliphatic rings. The first-order chi connectivity index (χ1) is 20.0. The topological polar surface area (TPSA) is 145 Å². The summed E-state index contributed by atoms with van der Waals surface area (Å²) in [7, 11) is -5.29. The largest absolute Gasteiger partial charge is 0.346 e. The summed E-state index contributed by atoms with van der Waals surface area (Å²) >= 11 is 6.10. The number of piperidine rings is 1. The minimum Gasteiger partial charge on any atom is -0.346 e. The van der Waals surface area contributed by atoms with Gasteiger partial charge in [0.1, 0.15) is 12.1 Å². The molecular formula is C29H50ClN5O6SSi. The van der Waals surface area contributed by atoms with Crippen LogP contribution in [0.15, 0.2) is 12.7 Å². The highest BCUT2D eigenvalue weighted by molar-refractivity contribution is 7.89. The normalized spacial score (nSPS) is 29.3. The molecule has 14 heteroatoms. The molecule has 244 valence electrons. The molecule has 0 aromatic heterocycles. The van der Waals surface area contributed by atoms with Gasteiger partial charge in [-0.3, -0.25) is 19.2 Å². The van der Waals surface area contributed by atoms with Crippen LogP contribution < -0.4 is 15.5 Å². The van der Waals surface area contributed by atoms with Crippen molar-refractivity contribution in [1.29, 1.82) is 0 Å². The van der Waals surface area contributed by atoms with Gasteiger partial charge in [-0.25, -0.2) is 13.3 Å². The lowest BCUT2D eigenvalue weighted by atomic mass is 9.98. The number of amides is 3. The van der Waals surface area contributed by atoms with Crippen molar-refractivity contribution in [3.8, 4) is 0 Å². The van der Waals surface area contributed by atoms with Crippen LogP contribution in [0.25, 0.3) is 0 Å². The number of ketones is 1. The summed E-state index contributed by atoms with van der Waals surface area (Å²) in [5.74, 6) is -2.48. The van der Waals surface area contributed by atoms with Gasteiger partial charge in [0.25, 0.3) is 5.91 Å². The molecule has 43 heavy (non-hydrogen) atoms. The van der Waals surface area contributed by atoms with Crippen LogP contribution in [0.3, 0.4) is 0 Å². The maximum absolute atomic E-state index is 13.9. The predicted octanol–water partition coefficient (Wildman–Crippen LogP) is 2.26. The molecule has 2 heterocycles. The zero-order valence-electron chi connectivity index (χ0n) is 26.3. The number of carbonyl (C=O) groups is 4. The number of rotatable bonds is 9. The maximum Gasteiger partial charge on any atom is 0.289 e. The van der Waals surface area contributed by atoms with E-state index in [4.69, 9.17) is 11.8 Å². The van der Waals surface area contributed by atoms with Gasteiger partial charge in [-0.05, 0) is 47.9 Å². The van der Waals surface area contributed by atoms with E-state index in [9.17, 15) is 27.6 Å². The molecule has 3 N–H and O–H groups in total. The Balaban J connectivity index is 1.90. The second kappa shape index (κ2) is 14.5. The van der Waals surface area contributed by atoms with Crippen molar-refractivity contribution in [3.05, 3.63) is 12.7 Å². The van der Waals surface area contributed by atoms with Crippen molar-refractivity contribution in [1.82, 2.24) is 24.7 Å². The average Bonchev–Trinajstić information content (AvgIpc) is 3.25. The molecule has 2 aliphatic heterocycles. The van der Waals surface area contributed by atoms with Crippen molar-refractivity contribution in [2.75, 3.05) is 31.9 Å². The smallest absolute Gasteiger partial charge is 0.289 e. The van der Waals surface area contributed by atoms with E-state index in [1.165, 1.54) is 15.3 Å². The van der Waals surface area contributed by atoms with Gasteiger partial charge in [0.05, 0.1) is 11.8 Å². The molecule has 0 aromatic rings. The summed E-state index contributed by atoms with van der Waals surface area (Å²) in [5.41, 5.74) is -0.184. The van der Waals surface area contributed by atoms with Crippen LogP contribution in [0.2, 0.25) is 25.7 Å². The van der Waals surface area contributed by atoms with Gasteiger partial charge in [-0.2, -0.15) is 4.31 Å². The molecule has 0 spiro atoms. The summed E-state index contributed by atoms with van der Waals surface area (Å²) in [6.07, 6.45) is 5.28. The highest BCUT2D eigenvalue weighted by atomic mass is 35.5. The lowest BCUT2D eigenvalue weighted by molar-refractivity contribution is -0.144. The van der Waals surface area contributed by atoms with Crippen LogP contribution in [-0.4, -0.2) is 99.3 Å². The van der Waals surface area contributed by atoms with Gasteiger partial charge in [-0.1, -0.05) is 65.2 Å². The van der Waals surface area contributed by atoms with Crippen molar-refractivity contribution in [2.45, 2.75) is 96.2 Å². The number of nitrogens with one attached hydrogen (secondary N) is 3. The fraction of sp³-hybridized carbons (Fsp3) is 0.793. The number of hydrogen-bond donors (Lipinski definition) is 3. The maximum atomic E-state index is 13.9. The van der Waals surface area contributed by atoms with E-state index in [0.29, 0.717) is 25.4 Å². The van der Waals surface area contributed by atoms with E-state index in [-0.39, 0.29) is 49.1 Å². The second-order valence-electron chi connectivity index (χ2n) is 14.0. The van der Waals surface area contributed by atoms with E-state index in [2.05, 4.69) is 41.7 Å². The van der Waals surface area contributed by atoms with Crippen LogP contribution in [-0.2, 0) is 29.2 Å². The van der Waals surface area contributed by atoms with Gasteiger partial charge >= 0.3 is 0 Å². The first kappa shape index (κ1) is 35.7.